The lowest BCUT2D eigenvalue weighted by molar-refractivity contribution is -0.143. The highest BCUT2D eigenvalue weighted by Gasteiger charge is 2.26. The third kappa shape index (κ3) is 10.2. The molecule has 0 spiro atoms. The molecule has 0 heterocycles. The number of ether oxygens (including phenoxy) is 1. The molecule has 0 N–H and O–H groups in total. The van der Waals surface area contributed by atoms with Crippen LogP contribution >= 0.6 is 0 Å². The summed E-state index contributed by atoms with van der Waals surface area (Å²) >= 11 is 0. The summed E-state index contributed by atoms with van der Waals surface area (Å²) < 4.78 is 13.4. The van der Waals surface area contributed by atoms with Crippen LogP contribution in [0.25, 0.3) is 0 Å². The van der Waals surface area contributed by atoms with E-state index in [2.05, 4.69) is 44.2 Å². The van der Waals surface area contributed by atoms with E-state index in [-0.39, 0.29) is 5.97 Å². The molecule has 6 heteroatoms. The molecule has 0 saturated carbocycles. The highest BCUT2D eigenvalue weighted by Crippen LogP contribution is 2.17. The van der Waals surface area contributed by atoms with Crippen LogP contribution in [0.2, 0.25) is 38.8 Å². The lowest BCUT2D eigenvalue weighted by Gasteiger charge is -2.34. The summed E-state index contributed by atoms with van der Waals surface area (Å²) in [7, 11) is -2.88. The number of esters is 1. The smallest absolute Gasteiger partial charge is 0.307 e. The van der Waals surface area contributed by atoms with Gasteiger partial charge in [-0.3, -0.25) is 4.79 Å². The van der Waals surface area contributed by atoms with Gasteiger partial charge in [-0.2, -0.15) is 0 Å². The van der Waals surface area contributed by atoms with Crippen molar-refractivity contribution in [2.24, 2.45) is 0 Å². The van der Waals surface area contributed by atoms with Crippen LogP contribution in [0.15, 0.2) is 0 Å². The molecular weight excluding hydrogens is 298 g/mol. The minimum atomic E-state index is -1.49. The molecule has 0 fully saturated rings. The summed E-state index contributed by atoms with van der Waals surface area (Å²) in [4.78, 5) is 11.5. The quantitative estimate of drug-likeness (QED) is 0.427. The Kier molecular flexibility index (Phi) is 9.68. The minimum Gasteiger partial charge on any atom is -0.466 e. The second-order valence-electron chi connectivity index (χ2n) is 7.01. The van der Waals surface area contributed by atoms with Gasteiger partial charge in [0.25, 0.3) is 0 Å². The van der Waals surface area contributed by atoms with Gasteiger partial charge in [0.15, 0.2) is 8.32 Å². The second kappa shape index (κ2) is 9.76. The van der Waals surface area contributed by atoms with E-state index in [1.165, 1.54) is 6.04 Å². The van der Waals surface area contributed by atoms with Crippen molar-refractivity contribution in [2.45, 2.75) is 65.5 Å². The van der Waals surface area contributed by atoms with E-state index in [4.69, 9.17) is 9.16 Å². The molecule has 0 unspecified atom stereocenters. The predicted octanol–water partition coefficient (Wildman–Crippen LogP) is 3.71. The Balaban J connectivity index is 4.29. The molecular formula is C15H35NO3Si2. The van der Waals surface area contributed by atoms with E-state index < -0.39 is 16.6 Å². The molecule has 21 heavy (non-hydrogen) atoms. The van der Waals surface area contributed by atoms with Crippen molar-refractivity contribution in [1.82, 2.24) is 4.57 Å². The number of nitrogens with zero attached hydrogens (tertiary/aromatic N) is 1. The van der Waals surface area contributed by atoms with Gasteiger partial charge in [-0.1, -0.05) is 19.6 Å². The van der Waals surface area contributed by atoms with Crippen molar-refractivity contribution in [3.8, 4) is 0 Å². The summed E-state index contributed by atoms with van der Waals surface area (Å²) in [6.07, 6.45) is 1.66. The first-order valence-corrected chi connectivity index (χ1v) is 14.7. The van der Waals surface area contributed by atoms with Crippen molar-refractivity contribution in [3.63, 3.8) is 0 Å². The largest absolute Gasteiger partial charge is 0.466 e. The summed E-state index contributed by atoms with van der Waals surface area (Å²) in [6, 6.07) is 1.18. The molecule has 0 aliphatic rings. The molecule has 126 valence electrons. The van der Waals surface area contributed by atoms with Gasteiger partial charge in [0.2, 0.25) is 0 Å². The molecule has 0 aliphatic heterocycles. The SMILES string of the molecule is CCOC(=O)CCN(CCC[Si](C)(C)OCC)[Si](C)(C)C. The lowest BCUT2D eigenvalue weighted by atomic mass is 10.4. The van der Waals surface area contributed by atoms with E-state index >= 15 is 0 Å². The number of hydrogen-bond donors (Lipinski definition) is 0. The fraction of sp³-hybridized carbons (Fsp3) is 0.933. The van der Waals surface area contributed by atoms with Crippen LogP contribution in [-0.4, -0.2) is 53.4 Å². The highest BCUT2D eigenvalue weighted by molar-refractivity contribution is 6.73. The van der Waals surface area contributed by atoms with Crippen molar-refractivity contribution >= 4 is 22.5 Å². The first-order chi connectivity index (χ1) is 9.62. The Morgan fingerprint density at radius 1 is 1.00 bits per heavy atom. The minimum absolute atomic E-state index is 0.0789. The molecule has 0 bridgehead atoms. The number of carbonyl (C=O) groups excluding carboxylic acids is 1. The van der Waals surface area contributed by atoms with Gasteiger partial charge in [-0.05, 0) is 46.0 Å². The molecule has 0 aromatic carbocycles. The molecule has 0 saturated heterocycles. The summed E-state index contributed by atoms with van der Waals surface area (Å²) in [6.45, 7) is 18.7. The fourth-order valence-electron chi connectivity index (χ4n) is 2.40. The highest BCUT2D eigenvalue weighted by atomic mass is 28.4. The van der Waals surface area contributed by atoms with Gasteiger partial charge < -0.3 is 13.7 Å². The molecule has 0 aromatic rings. The molecule has 0 atom stereocenters. The van der Waals surface area contributed by atoms with Crippen molar-refractivity contribution in [3.05, 3.63) is 0 Å². The molecule has 0 radical (unpaired) electrons. The topological polar surface area (TPSA) is 38.8 Å². The van der Waals surface area contributed by atoms with Gasteiger partial charge in [0.05, 0.1) is 13.0 Å². The van der Waals surface area contributed by atoms with Crippen molar-refractivity contribution in [2.75, 3.05) is 26.3 Å². The summed E-state index contributed by atoms with van der Waals surface area (Å²) in [5, 5.41) is 0. The van der Waals surface area contributed by atoms with Gasteiger partial charge in [-0.15, -0.1) is 0 Å². The molecule has 0 rings (SSSR count). The standard InChI is InChI=1S/C15H35NO3Si2/c1-8-18-15(17)11-13-16(20(3,4)5)12-10-14-21(6,7)19-9-2/h8-14H2,1-7H3. The Morgan fingerprint density at radius 3 is 2.10 bits per heavy atom. The van der Waals surface area contributed by atoms with E-state index in [0.29, 0.717) is 13.0 Å². The molecule has 0 aromatic heterocycles. The predicted molar refractivity (Wildman–Crippen MR) is 94.7 cm³/mol. The Bertz CT molecular complexity index is 304. The Hall–Kier alpha value is -0.176. The zero-order valence-corrected chi connectivity index (χ0v) is 17.1. The van der Waals surface area contributed by atoms with Crippen molar-refractivity contribution in [1.29, 1.82) is 0 Å². The maximum atomic E-state index is 11.5. The van der Waals surface area contributed by atoms with E-state index in [1.807, 2.05) is 6.92 Å². The van der Waals surface area contributed by atoms with Gasteiger partial charge in [-0.25, -0.2) is 0 Å². The maximum Gasteiger partial charge on any atom is 0.307 e. The van der Waals surface area contributed by atoms with Gasteiger partial charge in [0.1, 0.15) is 8.24 Å². The van der Waals surface area contributed by atoms with Crippen LogP contribution in [0, 0.1) is 0 Å². The second-order valence-corrected chi connectivity index (χ2v) is 16.3. The van der Waals surface area contributed by atoms with Crippen LogP contribution in [-0.2, 0) is 14.0 Å². The third-order valence-corrected chi connectivity index (χ3v) is 8.55. The summed E-state index contributed by atoms with van der Waals surface area (Å²) in [5.74, 6) is -0.0789. The van der Waals surface area contributed by atoms with Crippen LogP contribution < -0.4 is 0 Å². The third-order valence-electron chi connectivity index (χ3n) is 3.58. The normalized spacial score (nSPS) is 12.8. The van der Waals surface area contributed by atoms with E-state index in [1.54, 1.807) is 0 Å². The zero-order valence-electron chi connectivity index (χ0n) is 15.1. The molecule has 0 amide bonds. The van der Waals surface area contributed by atoms with Gasteiger partial charge in [0, 0.05) is 13.2 Å². The van der Waals surface area contributed by atoms with E-state index in [0.717, 1.165) is 26.1 Å². The molecule has 4 nitrogen and oxygen atoms in total. The number of rotatable bonds is 11. The fourth-order valence-corrected chi connectivity index (χ4v) is 5.95. The zero-order chi connectivity index (χ0) is 16.5. The monoisotopic (exact) mass is 333 g/mol. The van der Waals surface area contributed by atoms with Crippen LogP contribution in [0.4, 0.5) is 0 Å². The van der Waals surface area contributed by atoms with Crippen LogP contribution in [0.5, 0.6) is 0 Å². The number of hydrogen-bond acceptors (Lipinski definition) is 4. The van der Waals surface area contributed by atoms with Crippen LogP contribution in [0.1, 0.15) is 26.7 Å². The van der Waals surface area contributed by atoms with Crippen molar-refractivity contribution < 1.29 is 14.0 Å². The average Bonchev–Trinajstić information content (AvgIpc) is 2.32. The van der Waals surface area contributed by atoms with Crippen LogP contribution in [0.3, 0.4) is 0 Å². The Labute approximate surface area is 133 Å². The summed E-state index contributed by atoms with van der Waals surface area (Å²) in [5.41, 5.74) is 0. The first-order valence-electron chi connectivity index (χ1n) is 8.17. The maximum absolute atomic E-state index is 11.5. The first kappa shape index (κ1) is 20.8. The molecule has 0 aliphatic carbocycles. The Morgan fingerprint density at radius 2 is 1.62 bits per heavy atom. The van der Waals surface area contributed by atoms with E-state index in [9.17, 15) is 4.79 Å². The van der Waals surface area contributed by atoms with Gasteiger partial charge >= 0.3 is 5.97 Å². The lowest BCUT2D eigenvalue weighted by Crippen LogP contribution is -2.48. The average molecular weight is 334 g/mol. The number of carbonyl (C=O) groups is 1.